The van der Waals surface area contributed by atoms with Crippen LogP contribution in [0.5, 0.6) is 11.5 Å². The van der Waals surface area contributed by atoms with Crippen LogP contribution >= 0.6 is 0 Å². The van der Waals surface area contributed by atoms with Crippen LogP contribution in [0.2, 0.25) is 0 Å². The molecule has 1 N–H and O–H groups in total. The maximum absolute atomic E-state index is 12.4. The van der Waals surface area contributed by atoms with Crippen LogP contribution < -0.4 is 20.3 Å². The van der Waals surface area contributed by atoms with Crippen molar-refractivity contribution in [3.8, 4) is 11.5 Å². The minimum Gasteiger partial charge on any atom is -0.490 e. The average Bonchev–Trinajstić information content (AvgIpc) is 2.72. The molecule has 2 aromatic carbocycles. The summed E-state index contributed by atoms with van der Waals surface area (Å²) in [5, 5.41) is 11.1. The summed E-state index contributed by atoms with van der Waals surface area (Å²) in [4.78, 5) is 24.6. The number of aromatic nitrogens is 3. The predicted molar refractivity (Wildman–Crippen MR) is 109 cm³/mol. The van der Waals surface area contributed by atoms with Crippen LogP contribution in [0.15, 0.2) is 47.3 Å². The largest absolute Gasteiger partial charge is 0.490 e. The van der Waals surface area contributed by atoms with Crippen molar-refractivity contribution in [2.24, 2.45) is 0 Å². The van der Waals surface area contributed by atoms with Gasteiger partial charge >= 0.3 is 0 Å². The van der Waals surface area contributed by atoms with Gasteiger partial charge in [-0.15, -0.1) is 5.10 Å². The van der Waals surface area contributed by atoms with Crippen molar-refractivity contribution >= 4 is 16.8 Å². The quantitative estimate of drug-likeness (QED) is 0.594. The number of hydrogen-bond acceptors (Lipinski definition) is 6. The topological polar surface area (TPSA) is 95.3 Å². The van der Waals surface area contributed by atoms with E-state index in [4.69, 9.17) is 9.47 Å². The molecular formula is C21H24N4O4. The van der Waals surface area contributed by atoms with Gasteiger partial charge in [-0.3, -0.25) is 9.59 Å². The number of fused-ring (bicyclic) bond motifs is 1. The van der Waals surface area contributed by atoms with E-state index in [0.717, 1.165) is 10.2 Å². The normalized spacial score (nSPS) is 10.7. The van der Waals surface area contributed by atoms with Gasteiger partial charge < -0.3 is 14.8 Å². The molecule has 0 fully saturated rings. The third-order valence-corrected chi connectivity index (χ3v) is 4.27. The molecule has 0 aliphatic rings. The Morgan fingerprint density at radius 2 is 1.83 bits per heavy atom. The number of amides is 1. The lowest BCUT2D eigenvalue weighted by atomic mass is 10.1. The maximum Gasteiger partial charge on any atom is 0.278 e. The van der Waals surface area contributed by atoms with E-state index < -0.39 is 0 Å². The van der Waals surface area contributed by atoms with Crippen LogP contribution in [0.25, 0.3) is 10.9 Å². The summed E-state index contributed by atoms with van der Waals surface area (Å²) in [5.41, 5.74) is 1.19. The molecule has 0 saturated carbocycles. The Labute approximate surface area is 168 Å². The predicted octanol–water partition coefficient (Wildman–Crippen LogP) is 1.95. The second-order valence-electron chi connectivity index (χ2n) is 6.32. The van der Waals surface area contributed by atoms with Gasteiger partial charge in [0.2, 0.25) is 5.91 Å². The molecule has 0 radical (unpaired) electrons. The van der Waals surface area contributed by atoms with Gasteiger partial charge in [-0.25, -0.2) is 4.68 Å². The first kappa shape index (κ1) is 20.3. The van der Waals surface area contributed by atoms with Gasteiger partial charge in [0.15, 0.2) is 11.5 Å². The highest BCUT2D eigenvalue weighted by molar-refractivity contribution is 5.78. The fourth-order valence-corrected chi connectivity index (χ4v) is 2.92. The number of nitrogens with one attached hydrogen (secondary N) is 1. The molecule has 0 bridgehead atoms. The molecular weight excluding hydrogens is 372 g/mol. The molecule has 1 heterocycles. The van der Waals surface area contributed by atoms with Gasteiger partial charge in [0.1, 0.15) is 12.1 Å². The fourth-order valence-electron chi connectivity index (χ4n) is 2.92. The Balaban J connectivity index is 1.58. The van der Waals surface area contributed by atoms with E-state index in [1.165, 1.54) is 0 Å². The number of nitrogens with zero attached hydrogens (tertiary/aromatic N) is 3. The molecule has 0 aliphatic heterocycles. The minimum atomic E-state index is -0.335. The fraction of sp³-hybridized carbons (Fsp3) is 0.333. The Kier molecular flexibility index (Phi) is 6.78. The Bertz CT molecular complexity index is 1050. The van der Waals surface area contributed by atoms with Crippen molar-refractivity contribution in [3.05, 3.63) is 58.4 Å². The van der Waals surface area contributed by atoms with Gasteiger partial charge in [0.25, 0.3) is 5.56 Å². The summed E-state index contributed by atoms with van der Waals surface area (Å²) < 4.78 is 12.2. The second kappa shape index (κ2) is 9.68. The van der Waals surface area contributed by atoms with Gasteiger partial charge in [-0.05, 0) is 50.1 Å². The van der Waals surface area contributed by atoms with Crippen molar-refractivity contribution in [2.75, 3.05) is 19.8 Å². The van der Waals surface area contributed by atoms with Crippen LogP contribution in [-0.2, 0) is 17.8 Å². The summed E-state index contributed by atoms with van der Waals surface area (Å²) in [5.74, 6) is 1.10. The van der Waals surface area contributed by atoms with Crippen molar-refractivity contribution in [1.29, 1.82) is 0 Å². The number of hydrogen-bond donors (Lipinski definition) is 1. The van der Waals surface area contributed by atoms with Crippen molar-refractivity contribution < 1.29 is 14.3 Å². The summed E-state index contributed by atoms with van der Waals surface area (Å²) in [6.45, 7) is 5.19. The molecule has 152 valence electrons. The van der Waals surface area contributed by atoms with Crippen LogP contribution in [0.1, 0.15) is 19.4 Å². The van der Waals surface area contributed by atoms with Crippen molar-refractivity contribution in [2.45, 2.75) is 26.8 Å². The van der Waals surface area contributed by atoms with E-state index >= 15 is 0 Å². The zero-order valence-corrected chi connectivity index (χ0v) is 16.6. The van der Waals surface area contributed by atoms with Crippen LogP contribution in [0.4, 0.5) is 0 Å². The van der Waals surface area contributed by atoms with Gasteiger partial charge in [-0.2, -0.15) is 0 Å². The highest BCUT2D eigenvalue weighted by Crippen LogP contribution is 2.28. The molecule has 3 aromatic rings. The molecule has 8 heteroatoms. The molecule has 29 heavy (non-hydrogen) atoms. The molecule has 0 aliphatic carbocycles. The van der Waals surface area contributed by atoms with Crippen molar-refractivity contribution in [3.63, 3.8) is 0 Å². The smallest absolute Gasteiger partial charge is 0.278 e. The molecule has 0 spiro atoms. The number of ether oxygens (including phenoxy) is 2. The summed E-state index contributed by atoms with van der Waals surface area (Å²) in [6.07, 6.45) is 0.622. The van der Waals surface area contributed by atoms with E-state index in [-0.39, 0.29) is 18.0 Å². The van der Waals surface area contributed by atoms with Gasteiger partial charge in [0.05, 0.1) is 18.6 Å². The average molecular weight is 396 g/mol. The van der Waals surface area contributed by atoms with Gasteiger partial charge in [0, 0.05) is 6.54 Å². The lowest BCUT2D eigenvalue weighted by molar-refractivity contribution is -0.121. The van der Waals surface area contributed by atoms with E-state index in [0.29, 0.717) is 48.6 Å². The zero-order valence-electron chi connectivity index (χ0n) is 16.6. The summed E-state index contributed by atoms with van der Waals surface area (Å²) in [7, 11) is 0. The standard InChI is InChI=1S/C21H24N4O4/c1-3-28-18-10-9-15(13-19(18)29-4-2)11-12-22-20(26)14-25-21(27)16-7-5-6-8-17(16)23-24-25/h5-10,13H,3-4,11-12,14H2,1-2H3,(H,22,26). The number of rotatable bonds is 9. The van der Waals surface area contributed by atoms with Crippen LogP contribution in [-0.4, -0.2) is 40.7 Å². The van der Waals surface area contributed by atoms with E-state index in [1.807, 2.05) is 32.0 Å². The summed E-state index contributed by atoms with van der Waals surface area (Å²) >= 11 is 0. The number of benzene rings is 2. The molecule has 0 atom stereocenters. The van der Waals surface area contributed by atoms with E-state index in [9.17, 15) is 9.59 Å². The molecule has 1 amide bonds. The third kappa shape index (κ3) is 5.10. The first-order valence-electron chi connectivity index (χ1n) is 9.60. The molecule has 0 saturated heterocycles. The second-order valence-corrected chi connectivity index (χ2v) is 6.32. The zero-order chi connectivity index (χ0) is 20.6. The first-order valence-corrected chi connectivity index (χ1v) is 9.60. The lowest BCUT2D eigenvalue weighted by Gasteiger charge is -2.12. The SMILES string of the molecule is CCOc1ccc(CCNC(=O)Cn2nnc3ccccc3c2=O)cc1OCC. The molecule has 0 unspecified atom stereocenters. The Morgan fingerprint density at radius 1 is 1.07 bits per heavy atom. The molecule has 8 nitrogen and oxygen atoms in total. The minimum absolute atomic E-state index is 0.176. The Morgan fingerprint density at radius 3 is 2.62 bits per heavy atom. The van der Waals surface area contributed by atoms with E-state index in [1.54, 1.807) is 24.3 Å². The number of carbonyl (C=O) groups is 1. The monoisotopic (exact) mass is 396 g/mol. The van der Waals surface area contributed by atoms with Gasteiger partial charge in [-0.1, -0.05) is 23.4 Å². The van der Waals surface area contributed by atoms with Crippen LogP contribution in [0, 0.1) is 0 Å². The number of carbonyl (C=O) groups excluding carboxylic acids is 1. The highest BCUT2D eigenvalue weighted by Gasteiger charge is 2.10. The van der Waals surface area contributed by atoms with E-state index in [2.05, 4.69) is 15.6 Å². The molecule has 3 rings (SSSR count). The molecule has 1 aromatic heterocycles. The first-order chi connectivity index (χ1) is 14.1. The summed E-state index contributed by atoms with van der Waals surface area (Å²) in [6, 6.07) is 12.6. The highest BCUT2D eigenvalue weighted by atomic mass is 16.5. The van der Waals surface area contributed by atoms with Crippen molar-refractivity contribution in [1.82, 2.24) is 20.3 Å². The lowest BCUT2D eigenvalue weighted by Crippen LogP contribution is -2.35. The van der Waals surface area contributed by atoms with Crippen LogP contribution in [0.3, 0.4) is 0 Å². The Hall–Kier alpha value is -3.42. The third-order valence-electron chi connectivity index (χ3n) is 4.27. The maximum atomic E-state index is 12.4.